The number of benzene rings is 1. The maximum absolute atomic E-state index is 2.75. The Labute approximate surface area is 107 Å². The zero-order valence-electron chi connectivity index (χ0n) is 12.1. The molecule has 2 nitrogen and oxygen atoms in total. The van der Waals surface area contributed by atoms with Gasteiger partial charge in [0.15, 0.2) is 0 Å². The molecule has 1 N–H and O–H groups in total. The van der Waals surface area contributed by atoms with Gasteiger partial charge >= 0.3 is 0 Å². The van der Waals surface area contributed by atoms with Crippen LogP contribution in [0.15, 0.2) is 24.3 Å². The normalized spacial score (nSPS) is 9.47. The van der Waals surface area contributed by atoms with E-state index in [4.69, 9.17) is 0 Å². The second-order valence-electron chi connectivity index (χ2n) is 4.27. The molecule has 0 fully saturated rings. The van der Waals surface area contributed by atoms with Crippen LogP contribution in [0.5, 0.6) is 0 Å². The highest BCUT2D eigenvalue weighted by molar-refractivity contribution is 5.48. The van der Waals surface area contributed by atoms with Crippen molar-refractivity contribution in [2.24, 2.45) is 0 Å². The van der Waals surface area contributed by atoms with Gasteiger partial charge in [0.25, 0.3) is 0 Å². The molecule has 0 bridgehead atoms. The van der Waals surface area contributed by atoms with Gasteiger partial charge in [0.2, 0.25) is 0 Å². The van der Waals surface area contributed by atoms with E-state index in [2.05, 4.69) is 55.3 Å². The Morgan fingerprint density at radius 1 is 1.18 bits per heavy atom. The first-order valence-electron chi connectivity index (χ1n) is 6.59. The molecule has 0 aromatic heterocycles. The van der Waals surface area contributed by atoms with Gasteiger partial charge in [0.1, 0.15) is 0 Å². The highest BCUT2D eigenvalue weighted by Crippen LogP contribution is 2.15. The lowest BCUT2D eigenvalue weighted by Gasteiger charge is -2.23. The van der Waals surface area contributed by atoms with E-state index in [9.17, 15) is 0 Å². The van der Waals surface area contributed by atoms with Crippen LogP contribution in [0, 0.1) is 6.92 Å². The second-order valence-corrected chi connectivity index (χ2v) is 4.27. The van der Waals surface area contributed by atoms with Crippen molar-refractivity contribution in [1.29, 1.82) is 0 Å². The minimum Gasteiger partial charge on any atom is -0.372 e. The molecule has 0 aliphatic heterocycles. The average Bonchev–Trinajstić information content (AvgIpc) is 2.31. The number of unbranched alkanes of at least 4 members (excludes halogenated alkanes) is 1. The summed E-state index contributed by atoms with van der Waals surface area (Å²) in [5.41, 5.74) is 2.71. The third kappa shape index (κ3) is 7.01. The molecule has 0 heterocycles. The number of aryl methyl sites for hydroxylation is 1. The van der Waals surface area contributed by atoms with Gasteiger partial charge in [-0.2, -0.15) is 0 Å². The Hall–Kier alpha value is -1.02. The molecule has 1 aromatic carbocycles. The van der Waals surface area contributed by atoms with Crippen molar-refractivity contribution in [3.63, 3.8) is 0 Å². The summed E-state index contributed by atoms with van der Waals surface area (Å²) in [6, 6.07) is 8.75. The minimum atomic E-state index is 1.10. The maximum atomic E-state index is 2.75. The molecule has 0 saturated carbocycles. The van der Waals surface area contributed by atoms with Gasteiger partial charge in [-0.05, 0) is 52.1 Å². The Morgan fingerprint density at radius 3 is 2.29 bits per heavy atom. The van der Waals surface area contributed by atoms with E-state index in [1.807, 2.05) is 14.1 Å². The smallest absolute Gasteiger partial charge is 0.0368 e. The van der Waals surface area contributed by atoms with Gasteiger partial charge in [-0.3, -0.25) is 0 Å². The molecule has 0 aliphatic rings. The summed E-state index contributed by atoms with van der Waals surface area (Å²) in [6.45, 7) is 8.89. The molecule has 0 spiro atoms. The summed E-state index contributed by atoms with van der Waals surface area (Å²) in [6.07, 6.45) is 2.55. The fraction of sp³-hybridized carbons (Fsp3) is 0.600. The fourth-order valence-electron chi connectivity index (χ4n) is 1.64. The summed E-state index contributed by atoms with van der Waals surface area (Å²) in [5, 5.41) is 2.75. The Morgan fingerprint density at radius 2 is 1.82 bits per heavy atom. The molecular weight excluding hydrogens is 208 g/mol. The van der Waals surface area contributed by atoms with Gasteiger partial charge in [-0.15, -0.1) is 0 Å². The number of anilines is 1. The Balaban J connectivity index is 0.000000770. The highest BCUT2D eigenvalue weighted by atomic mass is 15.1. The zero-order valence-corrected chi connectivity index (χ0v) is 12.1. The zero-order chi connectivity index (χ0) is 13.1. The van der Waals surface area contributed by atoms with E-state index in [0.29, 0.717) is 0 Å². The molecule has 98 valence electrons. The van der Waals surface area contributed by atoms with E-state index < -0.39 is 0 Å². The third-order valence-corrected chi connectivity index (χ3v) is 2.53. The minimum absolute atomic E-state index is 1.10. The lowest BCUT2D eigenvalue weighted by Crippen LogP contribution is -2.23. The largest absolute Gasteiger partial charge is 0.372 e. The van der Waals surface area contributed by atoms with Crippen molar-refractivity contribution < 1.29 is 0 Å². The van der Waals surface area contributed by atoms with E-state index in [0.717, 1.165) is 6.54 Å². The van der Waals surface area contributed by atoms with E-state index >= 15 is 0 Å². The lowest BCUT2D eigenvalue weighted by molar-refractivity contribution is 0.732. The number of hydrogen-bond donors (Lipinski definition) is 1. The summed E-state index contributed by atoms with van der Waals surface area (Å²) < 4.78 is 0. The average molecular weight is 236 g/mol. The first-order chi connectivity index (χ1) is 8.19. The van der Waals surface area contributed by atoms with Crippen LogP contribution in [0.3, 0.4) is 0 Å². The molecular formula is C15H28N2. The van der Waals surface area contributed by atoms with Crippen molar-refractivity contribution in [3.05, 3.63) is 29.8 Å². The van der Waals surface area contributed by atoms with Crippen molar-refractivity contribution in [2.45, 2.75) is 33.6 Å². The molecule has 17 heavy (non-hydrogen) atoms. The van der Waals surface area contributed by atoms with Gasteiger partial charge in [0, 0.05) is 18.8 Å². The first-order valence-corrected chi connectivity index (χ1v) is 6.59. The van der Waals surface area contributed by atoms with Crippen molar-refractivity contribution in [2.75, 3.05) is 32.1 Å². The SMILES string of the molecule is CCCCN(CC)c1cccc(C)c1.CNC. The number of nitrogens with zero attached hydrogens (tertiary/aromatic N) is 1. The molecule has 1 aromatic rings. The molecule has 0 aliphatic carbocycles. The molecule has 0 amide bonds. The Bertz CT molecular complexity index is 284. The van der Waals surface area contributed by atoms with Gasteiger partial charge in [-0.1, -0.05) is 25.5 Å². The standard InChI is InChI=1S/C13H21N.C2H7N/c1-4-6-10-14(5-2)13-9-7-8-12(3)11-13;1-3-2/h7-9,11H,4-6,10H2,1-3H3;3H,1-2H3. The number of nitrogens with one attached hydrogen (secondary N) is 1. The van der Waals surface area contributed by atoms with Crippen LogP contribution in [0.1, 0.15) is 32.3 Å². The topological polar surface area (TPSA) is 15.3 Å². The molecule has 1 rings (SSSR count). The predicted octanol–water partition coefficient (Wildman–Crippen LogP) is 3.46. The van der Waals surface area contributed by atoms with E-state index in [1.54, 1.807) is 0 Å². The molecule has 0 radical (unpaired) electrons. The molecule has 0 atom stereocenters. The summed E-state index contributed by atoms with van der Waals surface area (Å²) in [5.74, 6) is 0. The number of hydrogen-bond acceptors (Lipinski definition) is 2. The monoisotopic (exact) mass is 236 g/mol. The summed E-state index contributed by atoms with van der Waals surface area (Å²) in [7, 11) is 3.75. The third-order valence-electron chi connectivity index (χ3n) is 2.53. The second kappa shape index (κ2) is 10.2. The highest BCUT2D eigenvalue weighted by Gasteiger charge is 2.02. The van der Waals surface area contributed by atoms with E-state index in [1.165, 1.54) is 30.6 Å². The summed E-state index contributed by atoms with van der Waals surface area (Å²) in [4.78, 5) is 2.44. The summed E-state index contributed by atoms with van der Waals surface area (Å²) >= 11 is 0. The molecule has 0 unspecified atom stereocenters. The quantitative estimate of drug-likeness (QED) is 0.842. The van der Waals surface area contributed by atoms with Crippen LogP contribution in [0.4, 0.5) is 5.69 Å². The molecule has 0 saturated heterocycles. The maximum Gasteiger partial charge on any atom is 0.0368 e. The van der Waals surface area contributed by atoms with Crippen LogP contribution in [-0.2, 0) is 0 Å². The Kier molecular flexibility index (Phi) is 9.55. The van der Waals surface area contributed by atoms with Gasteiger partial charge < -0.3 is 10.2 Å². The van der Waals surface area contributed by atoms with E-state index in [-0.39, 0.29) is 0 Å². The van der Waals surface area contributed by atoms with Gasteiger partial charge in [-0.25, -0.2) is 0 Å². The number of rotatable bonds is 5. The van der Waals surface area contributed by atoms with Crippen LogP contribution >= 0.6 is 0 Å². The van der Waals surface area contributed by atoms with Gasteiger partial charge in [0.05, 0.1) is 0 Å². The van der Waals surface area contributed by atoms with Crippen LogP contribution in [0.2, 0.25) is 0 Å². The van der Waals surface area contributed by atoms with Crippen molar-refractivity contribution in [1.82, 2.24) is 5.32 Å². The predicted molar refractivity (Wildman–Crippen MR) is 79.0 cm³/mol. The van der Waals surface area contributed by atoms with Crippen LogP contribution in [-0.4, -0.2) is 27.2 Å². The lowest BCUT2D eigenvalue weighted by atomic mass is 10.2. The van der Waals surface area contributed by atoms with Crippen molar-refractivity contribution >= 4 is 5.69 Å². The molecule has 2 heteroatoms. The van der Waals surface area contributed by atoms with Crippen LogP contribution < -0.4 is 10.2 Å². The van der Waals surface area contributed by atoms with Crippen molar-refractivity contribution in [3.8, 4) is 0 Å². The fourth-order valence-corrected chi connectivity index (χ4v) is 1.64. The first kappa shape index (κ1) is 16.0. The van der Waals surface area contributed by atoms with Crippen LogP contribution in [0.25, 0.3) is 0 Å².